The van der Waals surface area contributed by atoms with Crippen molar-refractivity contribution in [3.8, 4) is 0 Å². The summed E-state index contributed by atoms with van der Waals surface area (Å²) in [7, 11) is 0. The predicted molar refractivity (Wildman–Crippen MR) is 59.5 cm³/mol. The van der Waals surface area contributed by atoms with Gasteiger partial charge in [-0.2, -0.15) is 13.2 Å². The Morgan fingerprint density at radius 2 is 2.06 bits per heavy atom. The first-order valence-electron chi connectivity index (χ1n) is 5.21. The number of nitrogens with one attached hydrogen (secondary N) is 1. The van der Waals surface area contributed by atoms with Crippen molar-refractivity contribution in [2.45, 2.75) is 32.1 Å². The molecule has 1 unspecified atom stereocenters. The molecular weight excluding hydrogens is 247 g/mol. The molecule has 1 atom stereocenters. The summed E-state index contributed by atoms with van der Waals surface area (Å²) < 4.78 is 37.4. The smallest absolute Gasteiger partial charge is 0.349 e. The molecule has 1 amide bonds. The molecule has 0 fully saturated rings. The number of nitrogens with zero attached hydrogens (tertiary/aromatic N) is 1. The van der Waals surface area contributed by atoms with Gasteiger partial charge in [0.15, 0.2) is 5.54 Å². The first-order chi connectivity index (χ1) is 8.14. The molecule has 1 rings (SSSR count). The zero-order valence-electron chi connectivity index (χ0n) is 10.0. The van der Waals surface area contributed by atoms with Crippen molar-refractivity contribution in [1.29, 1.82) is 0 Å². The van der Waals surface area contributed by atoms with Gasteiger partial charge in [-0.3, -0.25) is 9.78 Å². The van der Waals surface area contributed by atoms with Gasteiger partial charge in [0.2, 0.25) is 5.91 Å². The number of aromatic nitrogens is 1. The van der Waals surface area contributed by atoms with E-state index in [1.165, 1.54) is 0 Å². The van der Waals surface area contributed by atoms with Crippen molar-refractivity contribution in [2.75, 3.05) is 0 Å². The Morgan fingerprint density at radius 1 is 1.44 bits per heavy atom. The van der Waals surface area contributed by atoms with E-state index in [4.69, 9.17) is 5.73 Å². The van der Waals surface area contributed by atoms with Crippen LogP contribution in [-0.2, 0) is 11.3 Å². The van der Waals surface area contributed by atoms with E-state index in [-0.39, 0.29) is 6.54 Å². The fourth-order valence-corrected chi connectivity index (χ4v) is 1.18. The zero-order valence-corrected chi connectivity index (χ0v) is 10.0. The second kappa shape index (κ2) is 4.93. The second-order valence-corrected chi connectivity index (χ2v) is 4.15. The van der Waals surface area contributed by atoms with Crippen molar-refractivity contribution >= 4 is 5.91 Å². The standard InChI is InChI=1S/C11H14F3N3O/c1-7-4-3-5-8(17-7)6-16-9(18)10(2,15)11(12,13)14/h3-5H,6,15H2,1-2H3,(H,16,18). The van der Waals surface area contributed by atoms with Crippen molar-refractivity contribution in [3.63, 3.8) is 0 Å². The van der Waals surface area contributed by atoms with Gasteiger partial charge in [-0.25, -0.2) is 0 Å². The summed E-state index contributed by atoms with van der Waals surface area (Å²) in [6, 6.07) is 5.05. The summed E-state index contributed by atoms with van der Waals surface area (Å²) in [5, 5.41) is 2.13. The molecule has 1 aromatic rings. The monoisotopic (exact) mass is 261 g/mol. The van der Waals surface area contributed by atoms with Crippen LogP contribution in [0, 0.1) is 6.92 Å². The molecule has 0 aliphatic heterocycles. The van der Waals surface area contributed by atoms with E-state index in [0.717, 1.165) is 0 Å². The highest BCUT2D eigenvalue weighted by molar-refractivity contribution is 5.86. The van der Waals surface area contributed by atoms with Crippen LogP contribution in [0.25, 0.3) is 0 Å². The van der Waals surface area contributed by atoms with E-state index in [0.29, 0.717) is 18.3 Å². The molecule has 100 valence electrons. The van der Waals surface area contributed by atoms with Gasteiger partial charge in [0.05, 0.1) is 12.2 Å². The number of halogens is 3. The Labute approximate surface area is 102 Å². The maximum Gasteiger partial charge on any atom is 0.415 e. The summed E-state index contributed by atoms with van der Waals surface area (Å²) in [6.07, 6.45) is -4.79. The Morgan fingerprint density at radius 3 is 2.56 bits per heavy atom. The maximum atomic E-state index is 12.5. The van der Waals surface area contributed by atoms with Gasteiger partial charge in [0, 0.05) is 5.69 Å². The molecule has 3 N–H and O–H groups in total. The zero-order chi connectivity index (χ0) is 14.0. The molecule has 0 saturated carbocycles. The van der Waals surface area contributed by atoms with Gasteiger partial charge in [0.1, 0.15) is 0 Å². The number of carbonyl (C=O) groups excluding carboxylic acids is 1. The van der Waals surface area contributed by atoms with E-state index in [1.54, 1.807) is 25.1 Å². The average molecular weight is 261 g/mol. The van der Waals surface area contributed by atoms with Gasteiger partial charge in [0.25, 0.3) is 0 Å². The molecule has 0 bridgehead atoms. The molecule has 1 heterocycles. The number of aryl methyl sites for hydroxylation is 1. The van der Waals surface area contributed by atoms with Crippen molar-refractivity contribution < 1.29 is 18.0 Å². The lowest BCUT2D eigenvalue weighted by molar-refractivity contribution is -0.187. The molecule has 0 aliphatic rings. The first-order valence-corrected chi connectivity index (χ1v) is 5.21. The Bertz CT molecular complexity index is 443. The van der Waals surface area contributed by atoms with E-state index >= 15 is 0 Å². The number of amides is 1. The highest BCUT2D eigenvalue weighted by Crippen LogP contribution is 2.27. The molecule has 0 aliphatic carbocycles. The number of hydrogen-bond acceptors (Lipinski definition) is 3. The first kappa shape index (κ1) is 14.4. The lowest BCUT2D eigenvalue weighted by Gasteiger charge is -2.26. The number of nitrogens with two attached hydrogens (primary N) is 1. The van der Waals surface area contributed by atoms with Crippen LogP contribution in [-0.4, -0.2) is 22.6 Å². The number of alkyl halides is 3. The average Bonchev–Trinajstić information content (AvgIpc) is 2.24. The predicted octanol–water partition coefficient (Wildman–Crippen LogP) is 1.29. The fourth-order valence-electron chi connectivity index (χ4n) is 1.18. The molecule has 0 spiro atoms. The van der Waals surface area contributed by atoms with E-state index in [2.05, 4.69) is 10.3 Å². The van der Waals surface area contributed by atoms with Crippen LogP contribution in [0.5, 0.6) is 0 Å². The molecule has 7 heteroatoms. The quantitative estimate of drug-likeness (QED) is 0.861. The SMILES string of the molecule is Cc1cccc(CNC(=O)C(C)(N)C(F)(F)F)n1. The summed E-state index contributed by atoms with van der Waals surface area (Å²) >= 11 is 0. The van der Waals surface area contributed by atoms with Crippen molar-refractivity contribution in [3.05, 3.63) is 29.6 Å². The van der Waals surface area contributed by atoms with Gasteiger partial charge < -0.3 is 11.1 Å². The Kier molecular flexibility index (Phi) is 3.95. The molecule has 18 heavy (non-hydrogen) atoms. The molecule has 0 saturated heterocycles. The van der Waals surface area contributed by atoms with Crippen molar-refractivity contribution in [2.24, 2.45) is 5.73 Å². The highest BCUT2D eigenvalue weighted by Gasteiger charge is 2.53. The van der Waals surface area contributed by atoms with E-state index in [9.17, 15) is 18.0 Å². The molecule has 1 aromatic heterocycles. The van der Waals surface area contributed by atoms with Crippen LogP contribution in [0.15, 0.2) is 18.2 Å². The third kappa shape index (κ3) is 3.19. The Hall–Kier alpha value is -1.63. The fraction of sp³-hybridized carbons (Fsp3) is 0.455. The van der Waals surface area contributed by atoms with Crippen LogP contribution in [0.1, 0.15) is 18.3 Å². The number of carbonyl (C=O) groups is 1. The van der Waals surface area contributed by atoms with Crippen LogP contribution in [0.4, 0.5) is 13.2 Å². The minimum Gasteiger partial charge on any atom is -0.349 e. The lowest BCUT2D eigenvalue weighted by Crippen LogP contribution is -2.61. The molecule has 0 radical (unpaired) electrons. The summed E-state index contributed by atoms with van der Waals surface area (Å²) in [5.74, 6) is -1.28. The maximum absolute atomic E-state index is 12.5. The van der Waals surface area contributed by atoms with Crippen LogP contribution in [0.3, 0.4) is 0 Å². The van der Waals surface area contributed by atoms with Crippen LogP contribution >= 0.6 is 0 Å². The minimum atomic E-state index is -4.79. The topological polar surface area (TPSA) is 68.0 Å². The summed E-state index contributed by atoms with van der Waals surface area (Å²) in [5.41, 5.74) is 3.26. The van der Waals surface area contributed by atoms with Crippen LogP contribution < -0.4 is 11.1 Å². The Balaban J connectivity index is 2.67. The normalized spacial score (nSPS) is 15.0. The van der Waals surface area contributed by atoms with Gasteiger partial charge in [-0.15, -0.1) is 0 Å². The largest absolute Gasteiger partial charge is 0.415 e. The van der Waals surface area contributed by atoms with Crippen molar-refractivity contribution in [1.82, 2.24) is 10.3 Å². The number of rotatable bonds is 3. The number of hydrogen-bond donors (Lipinski definition) is 2. The van der Waals surface area contributed by atoms with Gasteiger partial charge >= 0.3 is 6.18 Å². The third-order valence-electron chi connectivity index (χ3n) is 2.44. The second-order valence-electron chi connectivity index (χ2n) is 4.15. The van der Waals surface area contributed by atoms with Gasteiger partial charge in [-0.05, 0) is 26.0 Å². The van der Waals surface area contributed by atoms with E-state index in [1.807, 2.05) is 0 Å². The molecular formula is C11H14F3N3O. The summed E-state index contributed by atoms with van der Waals surface area (Å²) in [6.45, 7) is 2.28. The third-order valence-corrected chi connectivity index (χ3v) is 2.44. The highest BCUT2D eigenvalue weighted by atomic mass is 19.4. The molecule has 4 nitrogen and oxygen atoms in total. The van der Waals surface area contributed by atoms with E-state index < -0.39 is 17.6 Å². The minimum absolute atomic E-state index is 0.0939. The van der Waals surface area contributed by atoms with Gasteiger partial charge in [-0.1, -0.05) is 6.07 Å². The lowest BCUT2D eigenvalue weighted by atomic mass is 10.0. The van der Waals surface area contributed by atoms with Crippen LogP contribution in [0.2, 0.25) is 0 Å². The molecule has 0 aromatic carbocycles. The number of pyridine rings is 1. The summed E-state index contributed by atoms with van der Waals surface area (Å²) in [4.78, 5) is 15.4.